The molecule has 1 fully saturated rings. The number of hydrogen-bond donors (Lipinski definition) is 3. The Labute approximate surface area is 149 Å². The molecule has 0 aliphatic heterocycles. The van der Waals surface area contributed by atoms with Crippen LogP contribution in [0.3, 0.4) is 0 Å². The van der Waals surface area contributed by atoms with E-state index < -0.39 is 5.82 Å². The van der Waals surface area contributed by atoms with Gasteiger partial charge in [0.1, 0.15) is 5.82 Å². The van der Waals surface area contributed by atoms with Gasteiger partial charge in [-0.1, -0.05) is 23.7 Å². The second kappa shape index (κ2) is 7.53. The Morgan fingerprint density at radius 2 is 1.88 bits per heavy atom. The second-order valence-corrected chi connectivity index (χ2v) is 6.26. The molecular formula is C18H17ClFN3O2. The first-order chi connectivity index (χ1) is 12.0. The van der Waals surface area contributed by atoms with E-state index in [1.54, 1.807) is 24.3 Å². The summed E-state index contributed by atoms with van der Waals surface area (Å²) in [5, 5.41) is 8.55. The van der Waals surface area contributed by atoms with Crippen LogP contribution in [0.25, 0.3) is 0 Å². The van der Waals surface area contributed by atoms with E-state index in [-0.39, 0.29) is 35.1 Å². The van der Waals surface area contributed by atoms with E-state index in [4.69, 9.17) is 11.6 Å². The van der Waals surface area contributed by atoms with Gasteiger partial charge in [0.2, 0.25) is 5.91 Å². The summed E-state index contributed by atoms with van der Waals surface area (Å²) < 4.78 is 13.7. The van der Waals surface area contributed by atoms with Crippen LogP contribution in [0.15, 0.2) is 42.5 Å². The summed E-state index contributed by atoms with van der Waals surface area (Å²) in [6.07, 6.45) is 1.97. The van der Waals surface area contributed by atoms with Gasteiger partial charge >= 0.3 is 0 Å². The van der Waals surface area contributed by atoms with Crippen molar-refractivity contribution in [3.63, 3.8) is 0 Å². The molecule has 2 aromatic carbocycles. The zero-order valence-corrected chi connectivity index (χ0v) is 14.1. The Morgan fingerprint density at radius 1 is 1.12 bits per heavy atom. The number of benzene rings is 2. The van der Waals surface area contributed by atoms with Gasteiger partial charge in [0.15, 0.2) is 0 Å². The lowest BCUT2D eigenvalue weighted by molar-refractivity contribution is -0.114. The van der Waals surface area contributed by atoms with Crippen LogP contribution >= 0.6 is 11.6 Å². The third kappa shape index (κ3) is 4.70. The van der Waals surface area contributed by atoms with Gasteiger partial charge in [-0.15, -0.1) is 0 Å². The predicted molar refractivity (Wildman–Crippen MR) is 95.5 cm³/mol. The van der Waals surface area contributed by atoms with Crippen molar-refractivity contribution >= 4 is 34.8 Å². The van der Waals surface area contributed by atoms with E-state index in [9.17, 15) is 14.0 Å². The third-order valence-corrected chi connectivity index (χ3v) is 3.96. The first-order valence-electron chi connectivity index (χ1n) is 7.91. The SMILES string of the molecule is O=C(CNc1ccc(Cl)cc1F)Nc1ccccc1C(=O)NC1CC1. The summed E-state index contributed by atoms with van der Waals surface area (Å²) in [7, 11) is 0. The van der Waals surface area contributed by atoms with Gasteiger partial charge in [0.25, 0.3) is 5.91 Å². The summed E-state index contributed by atoms with van der Waals surface area (Å²) in [5.41, 5.74) is 1.00. The molecule has 1 saturated carbocycles. The zero-order chi connectivity index (χ0) is 17.8. The number of carbonyl (C=O) groups is 2. The largest absolute Gasteiger partial charge is 0.374 e. The number of nitrogens with one attached hydrogen (secondary N) is 3. The van der Waals surface area contributed by atoms with Crippen LogP contribution in [0.2, 0.25) is 5.02 Å². The smallest absolute Gasteiger partial charge is 0.253 e. The highest BCUT2D eigenvalue weighted by Crippen LogP contribution is 2.22. The molecule has 0 unspecified atom stereocenters. The van der Waals surface area contributed by atoms with E-state index in [0.29, 0.717) is 11.3 Å². The summed E-state index contributed by atoms with van der Waals surface area (Å²) in [6.45, 7) is -0.142. The molecule has 0 atom stereocenters. The normalized spacial score (nSPS) is 13.2. The van der Waals surface area contributed by atoms with E-state index >= 15 is 0 Å². The first-order valence-corrected chi connectivity index (χ1v) is 8.29. The highest BCUT2D eigenvalue weighted by Gasteiger charge is 2.25. The molecule has 0 bridgehead atoms. The molecular weight excluding hydrogens is 345 g/mol. The highest BCUT2D eigenvalue weighted by atomic mass is 35.5. The van der Waals surface area contributed by atoms with Crippen molar-refractivity contribution in [2.75, 3.05) is 17.2 Å². The number of amides is 2. The van der Waals surface area contributed by atoms with Crippen LogP contribution in [-0.2, 0) is 4.79 Å². The molecule has 0 aromatic heterocycles. The summed E-state index contributed by atoms with van der Waals surface area (Å²) >= 11 is 5.69. The second-order valence-electron chi connectivity index (χ2n) is 5.82. The Morgan fingerprint density at radius 3 is 2.60 bits per heavy atom. The molecule has 5 nitrogen and oxygen atoms in total. The average Bonchev–Trinajstić information content (AvgIpc) is 3.38. The molecule has 130 valence electrons. The number of para-hydroxylation sites is 1. The van der Waals surface area contributed by atoms with Crippen LogP contribution in [0.4, 0.5) is 15.8 Å². The van der Waals surface area contributed by atoms with Crippen LogP contribution < -0.4 is 16.0 Å². The molecule has 0 radical (unpaired) electrons. The lowest BCUT2D eigenvalue weighted by atomic mass is 10.1. The van der Waals surface area contributed by atoms with Gasteiger partial charge < -0.3 is 16.0 Å². The molecule has 1 aliphatic carbocycles. The molecule has 2 amide bonds. The highest BCUT2D eigenvalue weighted by molar-refractivity contribution is 6.30. The summed E-state index contributed by atoms with van der Waals surface area (Å²) in [6, 6.07) is 11.2. The quantitative estimate of drug-likeness (QED) is 0.738. The van der Waals surface area contributed by atoms with Crippen LogP contribution in [0, 0.1) is 5.82 Å². The zero-order valence-electron chi connectivity index (χ0n) is 13.3. The molecule has 3 rings (SSSR count). The molecule has 25 heavy (non-hydrogen) atoms. The molecule has 2 aromatic rings. The van der Waals surface area contributed by atoms with Gasteiger partial charge in [0.05, 0.1) is 23.5 Å². The van der Waals surface area contributed by atoms with Crippen molar-refractivity contribution in [1.82, 2.24) is 5.32 Å². The van der Waals surface area contributed by atoms with Gasteiger partial charge in [-0.25, -0.2) is 4.39 Å². The minimum absolute atomic E-state index is 0.142. The minimum Gasteiger partial charge on any atom is -0.374 e. The predicted octanol–water partition coefficient (Wildman–Crippen LogP) is 3.42. The van der Waals surface area contributed by atoms with Gasteiger partial charge in [-0.2, -0.15) is 0 Å². The van der Waals surface area contributed by atoms with Crippen LogP contribution in [-0.4, -0.2) is 24.4 Å². The Balaban J connectivity index is 1.61. The number of rotatable bonds is 6. The average molecular weight is 362 g/mol. The first kappa shape index (κ1) is 17.2. The fourth-order valence-electron chi connectivity index (χ4n) is 2.28. The molecule has 3 N–H and O–H groups in total. The number of hydrogen-bond acceptors (Lipinski definition) is 3. The molecule has 0 saturated heterocycles. The summed E-state index contributed by atoms with van der Waals surface area (Å²) in [5.74, 6) is -1.14. The van der Waals surface area contributed by atoms with Crippen molar-refractivity contribution in [3.8, 4) is 0 Å². The van der Waals surface area contributed by atoms with E-state index in [0.717, 1.165) is 12.8 Å². The van der Waals surface area contributed by atoms with Gasteiger partial charge in [-0.05, 0) is 43.2 Å². The molecule has 0 spiro atoms. The number of anilines is 2. The van der Waals surface area contributed by atoms with Crippen molar-refractivity contribution in [2.45, 2.75) is 18.9 Å². The van der Waals surface area contributed by atoms with Gasteiger partial charge in [-0.3, -0.25) is 9.59 Å². The van der Waals surface area contributed by atoms with Crippen molar-refractivity contribution in [3.05, 3.63) is 58.9 Å². The maximum atomic E-state index is 13.7. The minimum atomic E-state index is -0.537. The lowest BCUT2D eigenvalue weighted by Gasteiger charge is -2.12. The summed E-state index contributed by atoms with van der Waals surface area (Å²) in [4.78, 5) is 24.3. The fourth-order valence-corrected chi connectivity index (χ4v) is 2.44. The number of carbonyl (C=O) groups excluding carboxylic acids is 2. The van der Waals surface area contributed by atoms with E-state index in [1.165, 1.54) is 18.2 Å². The topological polar surface area (TPSA) is 70.2 Å². The van der Waals surface area contributed by atoms with Crippen molar-refractivity contribution in [1.29, 1.82) is 0 Å². The van der Waals surface area contributed by atoms with Crippen molar-refractivity contribution < 1.29 is 14.0 Å². The molecule has 7 heteroatoms. The van der Waals surface area contributed by atoms with Crippen molar-refractivity contribution in [2.24, 2.45) is 0 Å². The van der Waals surface area contributed by atoms with E-state index in [1.807, 2.05) is 0 Å². The third-order valence-electron chi connectivity index (χ3n) is 3.73. The van der Waals surface area contributed by atoms with Crippen LogP contribution in [0.1, 0.15) is 23.2 Å². The number of halogens is 2. The maximum Gasteiger partial charge on any atom is 0.253 e. The standard InChI is InChI=1S/C18H17ClFN3O2/c19-11-5-8-16(14(20)9-11)21-10-17(24)23-15-4-2-1-3-13(15)18(25)22-12-6-7-12/h1-5,8-9,12,21H,6-7,10H2,(H,22,25)(H,23,24). The maximum absolute atomic E-state index is 13.7. The monoisotopic (exact) mass is 361 g/mol. The van der Waals surface area contributed by atoms with E-state index in [2.05, 4.69) is 16.0 Å². The Bertz CT molecular complexity index is 809. The lowest BCUT2D eigenvalue weighted by Crippen LogP contribution is -2.28. The Hall–Kier alpha value is -2.60. The Kier molecular flexibility index (Phi) is 5.19. The van der Waals surface area contributed by atoms with Crippen LogP contribution in [0.5, 0.6) is 0 Å². The molecule has 1 aliphatic rings. The molecule has 0 heterocycles. The fraction of sp³-hybridized carbons (Fsp3) is 0.222. The van der Waals surface area contributed by atoms with Gasteiger partial charge in [0, 0.05) is 11.1 Å².